The molecule has 0 spiro atoms. The summed E-state index contributed by atoms with van der Waals surface area (Å²) in [6.45, 7) is 3.30. The van der Waals surface area contributed by atoms with Crippen molar-refractivity contribution in [3.05, 3.63) is 35.9 Å². The lowest BCUT2D eigenvalue weighted by Crippen LogP contribution is -2.43. The van der Waals surface area contributed by atoms with Crippen LogP contribution in [0.4, 0.5) is 0 Å². The summed E-state index contributed by atoms with van der Waals surface area (Å²) in [7, 11) is 1.80. The van der Waals surface area contributed by atoms with Crippen LogP contribution in [0, 0.1) is 11.3 Å². The maximum atomic E-state index is 9.48. The van der Waals surface area contributed by atoms with Crippen molar-refractivity contribution in [3.8, 4) is 6.07 Å². The number of hydrogen-bond donors (Lipinski definition) is 1. The predicted molar refractivity (Wildman–Crippen MR) is 77.8 cm³/mol. The van der Waals surface area contributed by atoms with Gasteiger partial charge in [0.2, 0.25) is 0 Å². The second kappa shape index (κ2) is 8.68. The minimum atomic E-state index is -0.744. The van der Waals surface area contributed by atoms with E-state index in [0.29, 0.717) is 6.61 Å². The van der Waals surface area contributed by atoms with Crippen molar-refractivity contribution in [3.63, 3.8) is 0 Å². The molecule has 0 radical (unpaired) electrons. The van der Waals surface area contributed by atoms with E-state index in [0.717, 1.165) is 18.6 Å². The summed E-state index contributed by atoms with van der Waals surface area (Å²) in [5.74, 6) is 0. The smallest absolute Gasteiger partial charge is 0.155 e. The molecule has 0 aliphatic carbocycles. The number of benzene rings is 1. The van der Waals surface area contributed by atoms with Crippen molar-refractivity contribution in [2.24, 2.45) is 0 Å². The van der Waals surface area contributed by atoms with E-state index in [1.165, 1.54) is 19.3 Å². The van der Waals surface area contributed by atoms with Crippen LogP contribution in [0.5, 0.6) is 0 Å². The van der Waals surface area contributed by atoms with Crippen molar-refractivity contribution in [1.29, 1.82) is 5.26 Å². The van der Waals surface area contributed by atoms with Crippen molar-refractivity contribution in [2.75, 3.05) is 20.3 Å². The number of hydrogen-bond acceptors (Lipinski definition) is 3. The molecule has 1 N–H and O–H groups in total. The fourth-order valence-electron chi connectivity index (χ4n) is 2.03. The Morgan fingerprint density at radius 2 is 1.95 bits per heavy atom. The molecule has 1 atom stereocenters. The minimum absolute atomic E-state index is 0.385. The average Bonchev–Trinajstić information content (AvgIpc) is 2.48. The molecule has 0 aromatic heterocycles. The van der Waals surface area contributed by atoms with Crippen molar-refractivity contribution < 1.29 is 4.74 Å². The van der Waals surface area contributed by atoms with Gasteiger partial charge in [-0.3, -0.25) is 5.32 Å². The maximum Gasteiger partial charge on any atom is 0.155 e. The van der Waals surface area contributed by atoms with Crippen molar-refractivity contribution in [1.82, 2.24) is 5.32 Å². The molecule has 3 nitrogen and oxygen atoms in total. The molecule has 104 valence electrons. The third-order valence-corrected chi connectivity index (χ3v) is 3.35. The van der Waals surface area contributed by atoms with Crippen LogP contribution in [0.25, 0.3) is 0 Å². The Balaban J connectivity index is 2.52. The maximum absolute atomic E-state index is 9.48. The van der Waals surface area contributed by atoms with Crippen LogP contribution in [0.1, 0.15) is 38.2 Å². The summed E-state index contributed by atoms with van der Waals surface area (Å²) in [5.41, 5.74) is 0.208. The molecular weight excluding hydrogens is 236 g/mol. The molecule has 19 heavy (non-hydrogen) atoms. The third kappa shape index (κ3) is 4.66. The lowest BCUT2D eigenvalue weighted by molar-refractivity contribution is 0.0884. The van der Waals surface area contributed by atoms with Gasteiger partial charge in [-0.1, -0.05) is 56.5 Å². The highest BCUT2D eigenvalue weighted by molar-refractivity contribution is 5.31. The summed E-state index contributed by atoms with van der Waals surface area (Å²) in [5, 5.41) is 12.6. The molecule has 1 unspecified atom stereocenters. The first-order chi connectivity index (χ1) is 9.29. The number of nitrogens with one attached hydrogen (secondary N) is 1. The van der Waals surface area contributed by atoms with Gasteiger partial charge >= 0.3 is 0 Å². The second-order valence-corrected chi connectivity index (χ2v) is 4.75. The second-order valence-electron chi connectivity index (χ2n) is 4.75. The molecule has 0 fully saturated rings. The van der Waals surface area contributed by atoms with Crippen LogP contribution in [-0.4, -0.2) is 20.3 Å². The van der Waals surface area contributed by atoms with Crippen molar-refractivity contribution in [2.45, 2.75) is 38.1 Å². The Bertz CT molecular complexity index is 385. The quantitative estimate of drug-likeness (QED) is 0.693. The monoisotopic (exact) mass is 260 g/mol. The Kier molecular flexibility index (Phi) is 7.17. The molecule has 1 aromatic carbocycles. The van der Waals surface area contributed by atoms with E-state index in [-0.39, 0.29) is 0 Å². The number of rotatable bonds is 9. The molecular formula is C16H24N2O. The summed E-state index contributed by atoms with van der Waals surface area (Å²) < 4.78 is 5.70. The molecule has 0 aliphatic heterocycles. The Hall–Kier alpha value is -1.37. The first-order valence-corrected chi connectivity index (χ1v) is 7.02. The number of ether oxygens (including phenoxy) is 1. The average molecular weight is 260 g/mol. The predicted octanol–water partition coefficient (Wildman–Crippen LogP) is 3.22. The lowest BCUT2D eigenvalue weighted by atomic mass is 9.92. The van der Waals surface area contributed by atoms with E-state index in [2.05, 4.69) is 18.3 Å². The van der Waals surface area contributed by atoms with Gasteiger partial charge in [0.05, 0.1) is 12.7 Å². The first kappa shape index (κ1) is 15.7. The van der Waals surface area contributed by atoms with Gasteiger partial charge < -0.3 is 4.74 Å². The van der Waals surface area contributed by atoms with E-state index in [9.17, 15) is 5.26 Å². The first-order valence-electron chi connectivity index (χ1n) is 7.02. The molecule has 0 aliphatic rings. The SMILES string of the molecule is CCCCCCOCC(C#N)(NC)c1ccccc1. The highest BCUT2D eigenvalue weighted by Gasteiger charge is 2.30. The summed E-state index contributed by atoms with van der Waals surface area (Å²) in [6, 6.07) is 12.1. The van der Waals surface area contributed by atoms with Gasteiger partial charge in [-0.25, -0.2) is 0 Å². The molecule has 0 saturated heterocycles. The molecule has 1 aromatic rings. The zero-order valence-corrected chi connectivity index (χ0v) is 12.0. The topological polar surface area (TPSA) is 45.0 Å². The van der Waals surface area contributed by atoms with E-state index in [1.807, 2.05) is 30.3 Å². The van der Waals surface area contributed by atoms with E-state index in [4.69, 9.17) is 4.74 Å². The zero-order chi connectivity index (χ0) is 14.0. The number of nitriles is 1. The number of unbranched alkanes of at least 4 members (excludes halogenated alkanes) is 3. The van der Waals surface area contributed by atoms with Gasteiger partial charge in [-0.2, -0.15) is 5.26 Å². The van der Waals surface area contributed by atoms with E-state index >= 15 is 0 Å². The Morgan fingerprint density at radius 1 is 1.21 bits per heavy atom. The summed E-state index contributed by atoms with van der Waals surface area (Å²) in [4.78, 5) is 0. The summed E-state index contributed by atoms with van der Waals surface area (Å²) in [6.07, 6.45) is 4.73. The van der Waals surface area contributed by atoms with Crippen LogP contribution in [0.2, 0.25) is 0 Å². The molecule has 1 rings (SSSR count). The largest absolute Gasteiger partial charge is 0.378 e. The zero-order valence-electron chi connectivity index (χ0n) is 12.0. The Labute approximate surface area is 116 Å². The van der Waals surface area contributed by atoms with Crippen LogP contribution >= 0.6 is 0 Å². The van der Waals surface area contributed by atoms with Gasteiger partial charge in [0.1, 0.15) is 0 Å². The van der Waals surface area contributed by atoms with Gasteiger partial charge in [0.25, 0.3) is 0 Å². The van der Waals surface area contributed by atoms with E-state index in [1.54, 1.807) is 7.05 Å². The van der Waals surface area contributed by atoms with Crippen molar-refractivity contribution >= 4 is 0 Å². The van der Waals surface area contributed by atoms with E-state index < -0.39 is 5.54 Å². The van der Waals surface area contributed by atoms with Gasteiger partial charge in [0, 0.05) is 6.61 Å². The van der Waals surface area contributed by atoms with Gasteiger partial charge in [0.15, 0.2) is 5.54 Å². The molecule has 0 amide bonds. The molecule has 0 bridgehead atoms. The lowest BCUT2D eigenvalue weighted by Gasteiger charge is -2.26. The molecule has 3 heteroatoms. The number of nitrogens with zero attached hydrogens (tertiary/aromatic N) is 1. The highest BCUT2D eigenvalue weighted by atomic mass is 16.5. The van der Waals surface area contributed by atoms with Gasteiger partial charge in [-0.05, 0) is 19.0 Å². The Morgan fingerprint density at radius 3 is 2.53 bits per heavy atom. The fourth-order valence-corrected chi connectivity index (χ4v) is 2.03. The van der Waals surface area contributed by atoms with Crippen LogP contribution in [0.15, 0.2) is 30.3 Å². The number of likely N-dealkylation sites (N-methyl/N-ethyl adjacent to an activating group) is 1. The normalized spacial score (nSPS) is 13.7. The summed E-state index contributed by atoms with van der Waals surface area (Å²) >= 11 is 0. The van der Waals surface area contributed by atoms with Crippen LogP contribution < -0.4 is 5.32 Å². The standard InChI is InChI=1S/C16H24N2O/c1-3-4-5-9-12-19-14-16(13-17,18-2)15-10-7-6-8-11-15/h6-8,10-11,18H,3-5,9,12,14H2,1-2H3. The fraction of sp³-hybridized carbons (Fsp3) is 0.562. The van der Waals surface area contributed by atoms with Gasteiger partial charge in [-0.15, -0.1) is 0 Å². The van der Waals surface area contributed by atoms with Crippen LogP contribution in [0.3, 0.4) is 0 Å². The molecule has 0 heterocycles. The van der Waals surface area contributed by atoms with Crippen LogP contribution in [-0.2, 0) is 10.3 Å². The third-order valence-electron chi connectivity index (χ3n) is 3.35. The minimum Gasteiger partial charge on any atom is -0.378 e. The molecule has 0 saturated carbocycles. The highest BCUT2D eigenvalue weighted by Crippen LogP contribution is 2.20.